The van der Waals surface area contributed by atoms with Gasteiger partial charge in [0.05, 0.1) is 11.9 Å². The monoisotopic (exact) mass is 619 g/mol. The number of imidazole rings is 1. The second-order valence-corrected chi connectivity index (χ2v) is 13.1. The van der Waals surface area contributed by atoms with Gasteiger partial charge in [-0.3, -0.25) is 28.8 Å². The smallest absolute Gasteiger partial charge is 0.245 e. The molecule has 1 radical (unpaired) electrons. The number of H-pyrrole nitrogens is 1. The van der Waals surface area contributed by atoms with Gasteiger partial charge in [0.15, 0.2) is 5.78 Å². The summed E-state index contributed by atoms with van der Waals surface area (Å²) in [5.74, 6) is -3.12. The number of ether oxygens (including phenoxy) is 1. The maximum atomic E-state index is 13.4. The summed E-state index contributed by atoms with van der Waals surface area (Å²) in [4.78, 5) is 82.8. The van der Waals surface area contributed by atoms with Crippen LogP contribution in [-0.4, -0.2) is 76.4 Å². The van der Waals surface area contributed by atoms with Crippen molar-refractivity contribution in [2.75, 3.05) is 19.8 Å². The van der Waals surface area contributed by atoms with E-state index in [2.05, 4.69) is 20.6 Å². The Morgan fingerprint density at radius 3 is 2.16 bits per heavy atom. The number of nitrogens with two attached hydrogens (primary N) is 1. The van der Waals surface area contributed by atoms with Crippen LogP contribution in [0.1, 0.15) is 92.7 Å². The zero-order valence-corrected chi connectivity index (χ0v) is 27.3. The van der Waals surface area contributed by atoms with Gasteiger partial charge in [-0.25, -0.2) is 10.7 Å². The van der Waals surface area contributed by atoms with Crippen molar-refractivity contribution >= 4 is 35.1 Å². The Morgan fingerprint density at radius 2 is 1.59 bits per heavy atom. The number of carbonyl (C=O) groups is 6. The number of nitrogens with one attached hydrogen (secondary N) is 4. The lowest BCUT2D eigenvalue weighted by atomic mass is 9.71. The molecule has 1 heterocycles. The fourth-order valence-electron chi connectivity index (χ4n) is 4.47. The number of rotatable bonds is 22. The summed E-state index contributed by atoms with van der Waals surface area (Å²) in [5.41, 5.74) is 10.7. The molecule has 1 rings (SSSR count). The van der Waals surface area contributed by atoms with E-state index in [-0.39, 0.29) is 55.5 Å². The third kappa shape index (κ3) is 13.0. The maximum absolute atomic E-state index is 13.4. The van der Waals surface area contributed by atoms with Gasteiger partial charge in [-0.15, -0.1) is 0 Å². The average molecular weight is 620 g/mol. The van der Waals surface area contributed by atoms with Crippen LogP contribution in [0.2, 0.25) is 0 Å². The third-order valence-corrected chi connectivity index (χ3v) is 7.72. The molecule has 0 saturated carbocycles. The topological polar surface area (TPSA) is 214 Å². The van der Waals surface area contributed by atoms with Crippen molar-refractivity contribution in [3.63, 3.8) is 0 Å². The van der Waals surface area contributed by atoms with Crippen LogP contribution in [0.4, 0.5) is 0 Å². The number of hydrogen-bond acceptors (Lipinski definition) is 8. The molecule has 1 aromatic rings. The second-order valence-electron chi connectivity index (χ2n) is 13.1. The molecule has 13 nitrogen and oxygen atoms in total. The molecule has 0 spiro atoms. The number of carbonyl (C=O) groups excluding carboxylic acids is 6. The molecule has 0 aliphatic rings. The molecule has 247 valence electrons. The molecular formula is C31H51N6O7. The van der Waals surface area contributed by atoms with Gasteiger partial charge >= 0.3 is 0 Å². The largest absolute Gasteiger partial charge is 0.372 e. The highest BCUT2D eigenvalue weighted by Gasteiger charge is 2.41. The highest BCUT2D eigenvalue weighted by Crippen LogP contribution is 2.34. The van der Waals surface area contributed by atoms with E-state index in [1.165, 1.54) is 26.4 Å². The van der Waals surface area contributed by atoms with Gasteiger partial charge in [0.2, 0.25) is 17.7 Å². The zero-order valence-electron chi connectivity index (χ0n) is 27.3. The molecule has 0 unspecified atom stereocenters. The van der Waals surface area contributed by atoms with Crippen molar-refractivity contribution in [2.24, 2.45) is 22.5 Å². The Morgan fingerprint density at radius 1 is 0.977 bits per heavy atom. The number of nitrogens with zero attached hydrogens (tertiary/aromatic N) is 1. The lowest BCUT2D eigenvalue weighted by Gasteiger charge is -2.33. The summed E-state index contributed by atoms with van der Waals surface area (Å²) in [6.45, 7) is 12.2. The van der Waals surface area contributed by atoms with Crippen molar-refractivity contribution in [1.29, 1.82) is 0 Å². The average Bonchev–Trinajstić information content (AvgIpc) is 3.42. The molecule has 6 N–H and O–H groups in total. The summed E-state index contributed by atoms with van der Waals surface area (Å²) in [6.07, 6.45) is 4.18. The fraction of sp³-hybridized carbons (Fsp3) is 0.710. The molecule has 2 atom stereocenters. The highest BCUT2D eigenvalue weighted by molar-refractivity contribution is 5.99. The van der Waals surface area contributed by atoms with E-state index in [1.54, 1.807) is 34.6 Å². The first kappa shape index (κ1) is 38.6. The Balaban J connectivity index is 2.68. The summed E-state index contributed by atoms with van der Waals surface area (Å²) in [5, 5.41) is 5.35. The normalized spacial score (nSPS) is 13.5. The van der Waals surface area contributed by atoms with Gasteiger partial charge in [-0.2, -0.15) is 0 Å². The van der Waals surface area contributed by atoms with Gasteiger partial charge in [-0.05, 0) is 33.6 Å². The summed E-state index contributed by atoms with van der Waals surface area (Å²) in [7, 11) is 0. The highest BCUT2D eigenvalue weighted by atomic mass is 16.5. The SMILES string of the molecule is CCOCC(=O)NCCCC[C@H](CC(=O)C(C)(C)CC(=O)C(C)(C)CC(=O)C(C)(C)NC(=O)[C@@H]([NH])Cc1cnc[nH]1)C(N)=O. The molecule has 0 aliphatic heterocycles. The van der Waals surface area contributed by atoms with Gasteiger partial charge in [0.1, 0.15) is 24.2 Å². The van der Waals surface area contributed by atoms with Crippen molar-refractivity contribution in [2.45, 2.75) is 105 Å². The van der Waals surface area contributed by atoms with Crippen molar-refractivity contribution < 1.29 is 33.5 Å². The van der Waals surface area contributed by atoms with E-state index in [0.717, 1.165) is 0 Å². The summed E-state index contributed by atoms with van der Waals surface area (Å²) >= 11 is 0. The molecule has 44 heavy (non-hydrogen) atoms. The van der Waals surface area contributed by atoms with Gasteiger partial charge < -0.3 is 26.1 Å². The quantitative estimate of drug-likeness (QED) is 0.140. The van der Waals surface area contributed by atoms with Crippen molar-refractivity contribution in [1.82, 2.24) is 26.3 Å². The van der Waals surface area contributed by atoms with Crippen LogP contribution in [0.15, 0.2) is 12.5 Å². The van der Waals surface area contributed by atoms with E-state index in [0.29, 0.717) is 38.1 Å². The van der Waals surface area contributed by atoms with Crippen LogP contribution in [0.3, 0.4) is 0 Å². The van der Waals surface area contributed by atoms with Crippen molar-refractivity contribution in [3.8, 4) is 0 Å². The van der Waals surface area contributed by atoms with E-state index in [1.807, 2.05) is 0 Å². The van der Waals surface area contributed by atoms with Crippen LogP contribution >= 0.6 is 0 Å². The Kier molecular flexibility index (Phi) is 15.0. The third-order valence-electron chi connectivity index (χ3n) is 7.72. The minimum atomic E-state index is -1.33. The number of aromatic nitrogens is 2. The lowest BCUT2D eigenvalue weighted by molar-refractivity contribution is -0.140. The number of amides is 3. The van der Waals surface area contributed by atoms with Crippen LogP contribution in [0.5, 0.6) is 0 Å². The predicted molar refractivity (Wildman–Crippen MR) is 164 cm³/mol. The van der Waals surface area contributed by atoms with E-state index in [9.17, 15) is 28.8 Å². The van der Waals surface area contributed by atoms with E-state index in [4.69, 9.17) is 16.2 Å². The summed E-state index contributed by atoms with van der Waals surface area (Å²) in [6, 6.07) is -1.15. The Hall–Kier alpha value is -3.45. The molecule has 0 aromatic carbocycles. The van der Waals surface area contributed by atoms with Gasteiger partial charge in [0, 0.05) is 67.5 Å². The first-order valence-electron chi connectivity index (χ1n) is 15.1. The molecule has 0 bridgehead atoms. The number of aromatic amines is 1. The van der Waals surface area contributed by atoms with Crippen LogP contribution in [0.25, 0.3) is 0 Å². The Bertz CT molecular complexity index is 1140. The number of hydrogen-bond donors (Lipinski definition) is 4. The maximum Gasteiger partial charge on any atom is 0.245 e. The molecule has 1 aromatic heterocycles. The van der Waals surface area contributed by atoms with E-state index >= 15 is 0 Å². The van der Waals surface area contributed by atoms with Crippen LogP contribution in [0, 0.1) is 16.7 Å². The zero-order chi connectivity index (χ0) is 33.7. The first-order chi connectivity index (χ1) is 20.3. The number of Topliss-reactive ketones (excluding diaryl/α,β-unsaturated/α-hetero) is 3. The molecular weight excluding hydrogens is 568 g/mol. The van der Waals surface area contributed by atoms with Gasteiger partial charge in [0.25, 0.3) is 0 Å². The molecule has 0 saturated heterocycles. The van der Waals surface area contributed by atoms with Crippen LogP contribution in [-0.2, 0) is 39.9 Å². The Labute approximate surface area is 260 Å². The van der Waals surface area contributed by atoms with Gasteiger partial charge in [-0.1, -0.05) is 34.1 Å². The van der Waals surface area contributed by atoms with E-state index < -0.39 is 40.1 Å². The second kappa shape index (κ2) is 17.1. The number of primary amides is 1. The fourth-order valence-corrected chi connectivity index (χ4v) is 4.47. The minimum absolute atomic E-state index is 0.0122. The molecule has 0 aliphatic carbocycles. The molecule has 13 heteroatoms. The number of ketones is 3. The molecule has 0 fully saturated rings. The predicted octanol–water partition coefficient (Wildman–Crippen LogP) is 1.85. The molecule has 3 amide bonds. The standard InChI is InChI=1S/C31H51N6O7/c1-8-44-18-26(41)35-12-10-9-11-20(27(33)42)13-23(38)29(2,3)15-24(39)30(4,5)16-25(40)31(6,7)37-28(43)22(32)14-21-17-34-19-36-21/h17,19-20,22,32H,8-16,18H2,1-7H3,(H2,33,42)(H,34,36)(H,35,41)(H,37,43)/t20-,22+/m1/s1. The number of unbranched alkanes of at least 4 members (excludes halogenated alkanes) is 1. The summed E-state index contributed by atoms with van der Waals surface area (Å²) < 4.78 is 5.04. The first-order valence-corrected chi connectivity index (χ1v) is 15.1. The van der Waals surface area contributed by atoms with Crippen molar-refractivity contribution in [3.05, 3.63) is 18.2 Å². The lowest BCUT2D eigenvalue weighted by Crippen LogP contribution is -2.54. The van der Waals surface area contributed by atoms with Crippen LogP contribution < -0.4 is 22.1 Å². The minimum Gasteiger partial charge on any atom is -0.372 e.